The van der Waals surface area contributed by atoms with Crippen LogP contribution < -0.4 is 0 Å². The number of aliphatic hydroxyl groups is 1. The van der Waals surface area contributed by atoms with E-state index in [1.807, 2.05) is 0 Å². The van der Waals surface area contributed by atoms with Gasteiger partial charge in [0.1, 0.15) is 12.0 Å². The summed E-state index contributed by atoms with van der Waals surface area (Å²) < 4.78 is 41.0. The highest BCUT2D eigenvalue weighted by Crippen LogP contribution is 2.30. The summed E-state index contributed by atoms with van der Waals surface area (Å²) in [5, 5.41) is 10.2. The highest BCUT2D eigenvalue weighted by molar-refractivity contribution is 5.70. The van der Waals surface area contributed by atoms with Gasteiger partial charge in [0.25, 0.3) is 0 Å². The van der Waals surface area contributed by atoms with E-state index in [0.29, 0.717) is 11.4 Å². The molecule has 2 heterocycles. The van der Waals surface area contributed by atoms with Crippen molar-refractivity contribution in [2.45, 2.75) is 25.6 Å². The molecular weight excluding hydrogens is 335 g/mol. The average Bonchev–Trinajstić information content (AvgIpc) is 2.55. The van der Waals surface area contributed by atoms with Gasteiger partial charge in [0, 0.05) is 30.1 Å². The van der Waals surface area contributed by atoms with Crippen molar-refractivity contribution in [3.05, 3.63) is 66.6 Å². The van der Waals surface area contributed by atoms with Gasteiger partial charge in [0.15, 0.2) is 5.82 Å². The zero-order chi connectivity index (χ0) is 18.0. The van der Waals surface area contributed by atoms with Crippen molar-refractivity contribution in [3.63, 3.8) is 0 Å². The largest absolute Gasteiger partial charge is 0.573 e. The lowest BCUT2D eigenvalue weighted by atomic mass is 9.94. The van der Waals surface area contributed by atoms with E-state index in [9.17, 15) is 18.3 Å². The second-order valence-corrected chi connectivity index (χ2v) is 5.70. The summed E-state index contributed by atoms with van der Waals surface area (Å²) in [5.74, 6) is -0.0636. The third-order valence-electron chi connectivity index (χ3n) is 3.87. The van der Waals surface area contributed by atoms with Gasteiger partial charge in [-0.15, -0.1) is 13.2 Å². The summed E-state index contributed by atoms with van der Waals surface area (Å²) in [7, 11) is 0. The Morgan fingerprint density at radius 2 is 1.88 bits per heavy atom. The number of allylic oxidation sites excluding steroid dienone is 3. The average molecular weight is 351 g/mol. The zero-order valence-electron chi connectivity index (χ0n) is 13.3. The maximum Gasteiger partial charge on any atom is 0.573 e. The normalized spacial score (nSPS) is 26.3. The van der Waals surface area contributed by atoms with Crippen molar-refractivity contribution in [2.24, 2.45) is 5.92 Å². The third kappa shape index (κ3) is 4.08. The van der Waals surface area contributed by atoms with Gasteiger partial charge < -0.3 is 14.7 Å². The Morgan fingerprint density at radius 1 is 1.16 bits per heavy atom. The first-order valence-corrected chi connectivity index (χ1v) is 7.62. The molecule has 3 rings (SSSR count). The Balaban J connectivity index is 1.81. The smallest absolute Gasteiger partial charge is 0.406 e. The maximum atomic E-state index is 12.3. The summed E-state index contributed by atoms with van der Waals surface area (Å²) in [6, 6.07) is 1.36. The minimum absolute atomic E-state index is 0.256. The molecule has 0 radical (unpaired) electrons. The van der Waals surface area contributed by atoms with Gasteiger partial charge in [-0.1, -0.05) is 13.0 Å². The summed E-state index contributed by atoms with van der Waals surface area (Å²) >= 11 is 0. The molecule has 132 valence electrons. The van der Waals surface area contributed by atoms with Crippen molar-refractivity contribution in [1.29, 1.82) is 0 Å². The predicted molar refractivity (Wildman–Crippen MR) is 84.3 cm³/mol. The molecule has 8 heteroatoms. The summed E-state index contributed by atoms with van der Waals surface area (Å²) in [6.07, 6.45) is 6.81. The molecule has 5 nitrogen and oxygen atoms in total. The number of rotatable bonds is 3. The minimum Gasteiger partial charge on any atom is -0.406 e. The van der Waals surface area contributed by atoms with Gasteiger partial charge in [0.05, 0.1) is 6.04 Å². The van der Waals surface area contributed by atoms with Gasteiger partial charge in [-0.3, -0.25) is 0 Å². The Labute approximate surface area is 142 Å². The fourth-order valence-corrected chi connectivity index (χ4v) is 2.77. The SMILES string of the molecule is CC1C=C(OC(F)(F)F)C=CC1N1C=C(c2ncccn2)C=CC1O. The molecule has 2 aliphatic rings. The number of halogens is 3. The Hall–Kier alpha value is -2.61. The molecule has 0 saturated carbocycles. The van der Waals surface area contributed by atoms with Crippen molar-refractivity contribution in [3.8, 4) is 0 Å². The highest BCUT2D eigenvalue weighted by atomic mass is 19.4. The summed E-state index contributed by atoms with van der Waals surface area (Å²) in [6.45, 7) is 1.76. The van der Waals surface area contributed by atoms with E-state index < -0.39 is 12.6 Å². The molecule has 3 atom stereocenters. The van der Waals surface area contributed by atoms with E-state index in [1.165, 1.54) is 12.2 Å². The van der Waals surface area contributed by atoms with Crippen LogP contribution in [0.25, 0.3) is 5.57 Å². The second kappa shape index (κ2) is 6.72. The molecule has 0 fully saturated rings. The summed E-state index contributed by atoms with van der Waals surface area (Å²) in [4.78, 5) is 9.98. The van der Waals surface area contributed by atoms with Crippen LogP contribution in [-0.4, -0.2) is 38.6 Å². The number of nitrogens with zero attached hydrogens (tertiary/aromatic N) is 3. The van der Waals surface area contributed by atoms with E-state index in [2.05, 4.69) is 14.7 Å². The molecule has 0 amide bonds. The van der Waals surface area contributed by atoms with Crippen molar-refractivity contribution >= 4 is 5.57 Å². The highest BCUT2D eigenvalue weighted by Gasteiger charge is 2.34. The lowest BCUT2D eigenvalue weighted by molar-refractivity contribution is -0.303. The lowest BCUT2D eigenvalue weighted by Crippen LogP contribution is -2.42. The van der Waals surface area contributed by atoms with Gasteiger partial charge in [-0.05, 0) is 30.4 Å². The van der Waals surface area contributed by atoms with Gasteiger partial charge in [-0.2, -0.15) is 0 Å². The fourth-order valence-electron chi connectivity index (χ4n) is 2.77. The van der Waals surface area contributed by atoms with Crippen LogP contribution in [0.2, 0.25) is 0 Å². The van der Waals surface area contributed by atoms with Crippen LogP contribution in [-0.2, 0) is 4.74 Å². The van der Waals surface area contributed by atoms with E-state index in [-0.39, 0.29) is 17.7 Å². The minimum atomic E-state index is -4.73. The second-order valence-electron chi connectivity index (χ2n) is 5.70. The van der Waals surface area contributed by atoms with Gasteiger partial charge >= 0.3 is 6.36 Å². The van der Waals surface area contributed by atoms with Crippen molar-refractivity contribution in [1.82, 2.24) is 14.9 Å². The number of aliphatic hydroxyl groups excluding tert-OH is 1. The van der Waals surface area contributed by atoms with Gasteiger partial charge in [-0.25, -0.2) is 9.97 Å². The molecule has 0 saturated heterocycles. The Morgan fingerprint density at radius 3 is 2.52 bits per heavy atom. The maximum absolute atomic E-state index is 12.3. The van der Waals surface area contributed by atoms with E-state index in [0.717, 1.165) is 0 Å². The molecule has 3 unspecified atom stereocenters. The zero-order valence-corrected chi connectivity index (χ0v) is 13.3. The van der Waals surface area contributed by atoms with Crippen LogP contribution in [0.4, 0.5) is 13.2 Å². The third-order valence-corrected chi connectivity index (χ3v) is 3.87. The number of aromatic nitrogens is 2. The number of hydrogen-bond donors (Lipinski definition) is 1. The van der Waals surface area contributed by atoms with Crippen LogP contribution in [0.1, 0.15) is 12.7 Å². The molecule has 0 spiro atoms. The standard InChI is InChI=1S/C17H16F3N3O2/c1-11-9-13(25-17(18,19)20)4-5-14(11)23-10-12(3-6-15(23)24)16-21-7-2-8-22-16/h2-11,14-15,24H,1H3. The molecule has 0 bridgehead atoms. The monoisotopic (exact) mass is 351 g/mol. The molecule has 1 N–H and O–H groups in total. The van der Waals surface area contributed by atoms with Crippen molar-refractivity contribution in [2.75, 3.05) is 0 Å². The number of ether oxygens (including phenoxy) is 1. The topological polar surface area (TPSA) is 58.5 Å². The molecule has 1 aromatic rings. The molecule has 1 aliphatic heterocycles. The van der Waals surface area contributed by atoms with Crippen LogP contribution in [0, 0.1) is 5.92 Å². The molecular formula is C17H16F3N3O2. The Bertz CT molecular complexity index is 741. The number of alkyl halides is 3. The molecule has 1 aliphatic carbocycles. The van der Waals surface area contributed by atoms with E-state index in [1.54, 1.807) is 54.7 Å². The number of hydrogen-bond acceptors (Lipinski definition) is 5. The van der Waals surface area contributed by atoms with E-state index >= 15 is 0 Å². The van der Waals surface area contributed by atoms with Crippen LogP contribution in [0.5, 0.6) is 0 Å². The van der Waals surface area contributed by atoms with E-state index in [4.69, 9.17) is 0 Å². The van der Waals surface area contributed by atoms with Gasteiger partial charge in [0.2, 0.25) is 0 Å². The molecule has 1 aromatic heterocycles. The first-order chi connectivity index (χ1) is 11.8. The fraction of sp³-hybridized carbons (Fsp3) is 0.294. The summed E-state index contributed by atoms with van der Waals surface area (Å²) in [5.41, 5.74) is 0.702. The van der Waals surface area contributed by atoms with Crippen molar-refractivity contribution < 1.29 is 23.0 Å². The first-order valence-electron chi connectivity index (χ1n) is 7.62. The molecule has 25 heavy (non-hydrogen) atoms. The quantitative estimate of drug-likeness (QED) is 0.907. The first kappa shape index (κ1) is 17.2. The van der Waals surface area contributed by atoms with Crippen LogP contribution in [0.15, 0.2) is 60.8 Å². The van der Waals surface area contributed by atoms with Crippen LogP contribution in [0.3, 0.4) is 0 Å². The van der Waals surface area contributed by atoms with Crippen LogP contribution >= 0.6 is 0 Å². The molecule has 0 aromatic carbocycles. The lowest BCUT2D eigenvalue weighted by Gasteiger charge is -2.38. The predicted octanol–water partition coefficient (Wildman–Crippen LogP) is 3.00. The Kier molecular flexibility index (Phi) is 4.63.